The number of benzene rings is 1. The standard InChI is InChI=1S/C15H13N/c1-2-4-13-12(3-1)14-9-11-7-5-10(14)6-8-15(13)16-11/h1-8,11,15-16H,9H2. The normalized spacial score (nSPS) is 29.2. The van der Waals surface area contributed by atoms with Crippen molar-refractivity contribution >= 4 is 5.57 Å². The SMILES string of the molecule is C1=CC2CC3=C1C=CC(N2)c1ccccc13. The number of hydrogen-bond donors (Lipinski definition) is 1. The fourth-order valence-corrected chi connectivity index (χ4v) is 2.98. The second kappa shape index (κ2) is 2.96. The van der Waals surface area contributed by atoms with Crippen LogP contribution in [-0.4, -0.2) is 6.04 Å². The van der Waals surface area contributed by atoms with Crippen LogP contribution in [0.5, 0.6) is 0 Å². The van der Waals surface area contributed by atoms with Crippen molar-refractivity contribution in [3.05, 3.63) is 65.3 Å². The van der Waals surface area contributed by atoms with Crippen LogP contribution < -0.4 is 5.32 Å². The number of allylic oxidation sites excluding steroid dienone is 3. The molecule has 2 atom stereocenters. The van der Waals surface area contributed by atoms with E-state index in [1.54, 1.807) is 0 Å². The van der Waals surface area contributed by atoms with Gasteiger partial charge >= 0.3 is 0 Å². The lowest BCUT2D eigenvalue weighted by Crippen LogP contribution is -2.30. The molecular formula is C15H13N. The smallest absolute Gasteiger partial charge is 0.0520 e. The molecule has 1 aliphatic heterocycles. The minimum atomic E-state index is 0.376. The van der Waals surface area contributed by atoms with Gasteiger partial charge < -0.3 is 5.32 Å². The molecule has 0 saturated heterocycles. The molecule has 1 aromatic rings. The van der Waals surface area contributed by atoms with E-state index >= 15 is 0 Å². The van der Waals surface area contributed by atoms with Crippen LogP contribution in [0.15, 0.2) is 54.1 Å². The Morgan fingerprint density at radius 2 is 1.94 bits per heavy atom. The summed E-state index contributed by atoms with van der Waals surface area (Å²) in [6, 6.07) is 9.66. The van der Waals surface area contributed by atoms with Gasteiger partial charge in [0.05, 0.1) is 6.04 Å². The fourth-order valence-electron chi connectivity index (χ4n) is 2.98. The summed E-state index contributed by atoms with van der Waals surface area (Å²) in [5.74, 6) is 0. The zero-order valence-electron chi connectivity index (χ0n) is 8.98. The van der Waals surface area contributed by atoms with Gasteiger partial charge in [-0.25, -0.2) is 0 Å². The molecule has 0 saturated carbocycles. The van der Waals surface area contributed by atoms with Gasteiger partial charge in [-0.15, -0.1) is 0 Å². The average Bonchev–Trinajstić information content (AvgIpc) is 2.51. The highest BCUT2D eigenvalue weighted by Crippen LogP contribution is 2.40. The van der Waals surface area contributed by atoms with Crippen LogP contribution in [0.1, 0.15) is 23.6 Å². The third-order valence-electron chi connectivity index (χ3n) is 3.76. The predicted octanol–water partition coefficient (Wildman–Crippen LogP) is 2.98. The molecule has 16 heavy (non-hydrogen) atoms. The van der Waals surface area contributed by atoms with E-state index in [1.165, 1.54) is 22.3 Å². The van der Waals surface area contributed by atoms with Crippen molar-refractivity contribution in [2.75, 3.05) is 0 Å². The lowest BCUT2D eigenvalue weighted by molar-refractivity contribution is 0.556. The molecule has 0 amide bonds. The van der Waals surface area contributed by atoms with Crippen LogP contribution in [0.4, 0.5) is 0 Å². The van der Waals surface area contributed by atoms with Crippen LogP contribution >= 0.6 is 0 Å². The van der Waals surface area contributed by atoms with Crippen LogP contribution in [-0.2, 0) is 0 Å². The Bertz CT molecular complexity index is 548. The van der Waals surface area contributed by atoms with E-state index in [-0.39, 0.29) is 0 Å². The molecule has 2 unspecified atom stereocenters. The van der Waals surface area contributed by atoms with E-state index in [2.05, 4.69) is 53.9 Å². The molecule has 3 bridgehead atoms. The lowest BCUT2D eigenvalue weighted by Gasteiger charge is -2.23. The first-order valence-electron chi connectivity index (χ1n) is 5.87. The van der Waals surface area contributed by atoms with E-state index < -0.39 is 0 Å². The Morgan fingerprint density at radius 3 is 2.94 bits per heavy atom. The third-order valence-corrected chi connectivity index (χ3v) is 3.76. The molecule has 0 aromatic heterocycles. The van der Waals surface area contributed by atoms with E-state index in [9.17, 15) is 0 Å². The highest BCUT2D eigenvalue weighted by atomic mass is 15.0. The molecule has 1 aromatic carbocycles. The molecule has 78 valence electrons. The van der Waals surface area contributed by atoms with Gasteiger partial charge in [0, 0.05) is 6.04 Å². The quantitative estimate of drug-likeness (QED) is 0.689. The summed E-state index contributed by atoms with van der Waals surface area (Å²) in [7, 11) is 0. The van der Waals surface area contributed by atoms with E-state index in [0.29, 0.717) is 12.1 Å². The summed E-state index contributed by atoms with van der Waals surface area (Å²) >= 11 is 0. The number of rotatable bonds is 0. The molecule has 0 radical (unpaired) electrons. The van der Waals surface area contributed by atoms with Crippen molar-refractivity contribution in [3.63, 3.8) is 0 Å². The Hall–Kier alpha value is -1.60. The van der Waals surface area contributed by atoms with Crippen molar-refractivity contribution in [3.8, 4) is 0 Å². The van der Waals surface area contributed by atoms with Gasteiger partial charge in [-0.1, -0.05) is 48.6 Å². The number of fused-ring (bicyclic) bond motifs is 1. The second-order valence-corrected chi connectivity index (χ2v) is 4.69. The van der Waals surface area contributed by atoms with Crippen molar-refractivity contribution in [2.45, 2.75) is 18.5 Å². The molecule has 3 aliphatic rings. The number of nitrogens with one attached hydrogen (secondary N) is 1. The zero-order valence-corrected chi connectivity index (χ0v) is 8.98. The average molecular weight is 207 g/mol. The predicted molar refractivity (Wildman–Crippen MR) is 65.9 cm³/mol. The largest absolute Gasteiger partial charge is 0.300 e. The summed E-state index contributed by atoms with van der Waals surface area (Å²) in [5.41, 5.74) is 5.77. The van der Waals surface area contributed by atoms with Crippen molar-refractivity contribution in [1.29, 1.82) is 0 Å². The van der Waals surface area contributed by atoms with Gasteiger partial charge in [-0.05, 0) is 28.7 Å². The highest BCUT2D eigenvalue weighted by Gasteiger charge is 2.28. The molecule has 0 fully saturated rings. The van der Waals surface area contributed by atoms with Crippen LogP contribution in [0.3, 0.4) is 0 Å². The Morgan fingerprint density at radius 1 is 1.06 bits per heavy atom. The fraction of sp³-hybridized carbons (Fsp3) is 0.200. The van der Waals surface area contributed by atoms with Gasteiger partial charge in [0.25, 0.3) is 0 Å². The monoisotopic (exact) mass is 207 g/mol. The van der Waals surface area contributed by atoms with Crippen molar-refractivity contribution in [2.24, 2.45) is 0 Å². The first-order chi connectivity index (χ1) is 7.92. The van der Waals surface area contributed by atoms with Crippen molar-refractivity contribution < 1.29 is 0 Å². The first kappa shape index (κ1) is 8.54. The highest BCUT2D eigenvalue weighted by molar-refractivity contribution is 5.79. The lowest BCUT2D eigenvalue weighted by atomic mass is 9.89. The van der Waals surface area contributed by atoms with Crippen molar-refractivity contribution in [1.82, 2.24) is 5.32 Å². The molecule has 1 heterocycles. The molecular weight excluding hydrogens is 194 g/mol. The van der Waals surface area contributed by atoms with E-state index in [0.717, 1.165) is 6.42 Å². The van der Waals surface area contributed by atoms with Gasteiger partial charge in [0.2, 0.25) is 0 Å². The minimum Gasteiger partial charge on any atom is -0.300 e. The first-order valence-corrected chi connectivity index (χ1v) is 5.87. The Labute approximate surface area is 95.2 Å². The van der Waals surface area contributed by atoms with Crippen LogP contribution in [0, 0.1) is 0 Å². The van der Waals surface area contributed by atoms with Gasteiger partial charge in [0.1, 0.15) is 0 Å². The summed E-state index contributed by atoms with van der Waals surface area (Å²) in [6.45, 7) is 0. The summed E-state index contributed by atoms with van der Waals surface area (Å²) in [5, 5.41) is 3.68. The van der Waals surface area contributed by atoms with Gasteiger partial charge in [-0.3, -0.25) is 0 Å². The molecule has 0 spiro atoms. The maximum Gasteiger partial charge on any atom is 0.0520 e. The van der Waals surface area contributed by atoms with Crippen LogP contribution in [0.2, 0.25) is 0 Å². The van der Waals surface area contributed by atoms with E-state index in [4.69, 9.17) is 0 Å². The van der Waals surface area contributed by atoms with Gasteiger partial charge in [0.15, 0.2) is 0 Å². The Balaban J connectivity index is 2.09. The topological polar surface area (TPSA) is 12.0 Å². The summed E-state index contributed by atoms with van der Waals surface area (Å²) < 4.78 is 0. The molecule has 1 heteroatoms. The summed E-state index contributed by atoms with van der Waals surface area (Å²) in [4.78, 5) is 0. The Kier molecular flexibility index (Phi) is 1.58. The zero-order chi connectivity index (χ0) is 10.5. The molecule has 1 N–H and O–H groups in total. The molecule has 1 nitrogen and oxygen atoms in total. The maximum absolute atomic E-state index is 3.68. The van der Waals surface area contributed by atoms with Gasteiger partial charge in [-0.2, -0.15) is 0 Å². The maximum atomic E-state index is 3.68. The number of hydrogen-bond acceptors (Lipinski definition) is 1. The summed E-state index contributed by atoms with van der Waals surface area (Å²) in [6.07, 6.45) is 10.2. The molecule has 4 rings (SSSR count). The third kappa shape index (κ3) is 1.04. The second-order valence-electron chi connectivity index (χ2n) is 4.69. The van der Waals surface area contributed by atoms with Crippen LogP contribution in [0.25, 0.3) is 5.57 Å². The van der Waals surface area contributed by atoms with E-state index in [1.807, 2.05) is 0 Å². The minimum absolute atomic E-state index is 0.376. The molecule has 2 aliphatic carbocycles.